The lowest BCUT2D eigenvalue weighted by molar-refractivity contribution is -0.138. The van der Waals surface area contributed by atoms with Gasteiger partial charge in [0.2, 0.25) is 0 Å². The van der Waals surface area contributed by atoms with Gasteiger partial charge >= 0.3 is 5.97 Å². The largest absolute Gasteiger partial charge is 0.492 e. The second-order valence-corrected chi connectivity index (χ2v) is 4.15. The first-order chi connectivity index (χ1) is 9.15. The van der Waals surface area contributed by atoms with Gasteiger partial charge in [-0.2, -0.15) is 5.26 Å². The molecule has 0 heterocycles. The molecule has 102 valence electrons. The molecule has 0 radical (unpaired) electrons. The Morgan fingerprint density at radius 3 is 2.58 bits per heavy atom. The lowest BCUT2D eigenvalue weighted by atomic mass is 10.2. The molecule has 1 rings (SSSR count). The lowest BCUT2D eigenvalue weighted by Crippen LogP contribution is -2.34. The van der Waals surface area contributed by atoms with Crippen LogP contribution < -0.4 is 4.74 Å². The molecule has 19 heavy (non-hydrogen) atoms. The van der Waals surface area contributed by atoms with Gasteiger partial charge in [-0.1, -0.05) is 6.92 Å². The first kappa shape index (κ1) is 15.0. The van der Waals surface area contributed by atoms with Gasteiger partial charge in [0.25, 0.3) is 0 Å². The first-order valence-electron chi connectivity index (χ1n) is 6.22. The third kappa shape index (κ3) is 5.89. The van der Waals surface area contributed by atoms with Gasteiger partial charge in [0, 0.05) is 6.54 Å². The van der Waals surface area contributed by atoms with Gasteiger partial charge in [-0.15, -0.1) is 0 Å². The highest BCUT2D eigenvalue weighted by molar-refractivity contribution is 5.69. The minimum absolute atomic E-state index is 0.0323. The average molecular weight is 262 g/mol. The van der Waals surface area contributed by atoms with E-state index in [0.717, 1.165) is 13.0 Å². The van der Waals surface area contributed by atoms with Crippen LogP contribution in [-0.4, -0.2) is 42.2 Å². The van der Waals surface area contributed by atoms with Crippen molar-refractivity contribution in [3.05, 3.63) is 29.8 Å². The summed E-state index contributed by atoms with van der Waals surface area (Å²) in [6.07, 6.45) is 0.907. The van der Waals surface area contributed by atoms with Crippen LogP contribution in [0.15, 0.2) is 24.3 Å². The lowest BCUT2D eigenvalue weighted by Gasteiger charge is -2.19. The summed E-state index contributed by atoms with van der Waals surface area (Å²) < 4.78 is 5.52. The van der Waals surface area contributed by atoms with Crippen LogP contribution in [0.2, 0.25) is 0 Å². The third-order valence-corrected chi connectivity index (χ3v) is 2.56. The minimum Gasteiger partial charge on any atom is -0.492 e. The van der Waals surface area contributed by atoms with Crippen molar-refractivity contribution in [2.24, 2.45) is 0 Å². The van der Waals surface area contributed by atoms with E-state index in [1.807, 2.05) is 17.9 Å². The summed E-state index contributed by atoms with van der Waals surface area (Å²) >= 11 is 0. The number of carboxylic acids is 1. The molecule has 1 N–H and O–H groups in total. The Morgan fingerprint density at radius 1 is 1.37 bits per heavy atom. The van der Waals surface area contributed by atoms with E-state index in [1.54, 1.807) is 24.3 Å². The van der Waals surface area contributed by atoms with Crippen LogP contribution in [0.1, 0.15) is 18.9 Å². The van der Waals surface area contributed by atoms with Gasteiger partial charge in [0.05, 0.1) is 18.2 Å². The molecule has 5 nitrogen and oxygen atoms in total. The zero-order valence-corrected chi connectivity index (χ0v) is 11.0. The van der Waals surface area contributed by atoms with Gasteiger partial charge in [-0.05, 0) is 37.2 Å². The van der Waals surface area contributed by atoms with Crippen molar-refractivity contribution in [2.75, 3.05) is 26.2 Å². The van der Waals surface area contributed by atoms with Crippen molar-refractivity contribution >= 4 is 5.97 Å². The number of nitriles is 1. The number of carbonyl (C=O) groups is 1. The number of benzene rings is 1. The maximum absolute atomic E-state index is 10.7. The Balaban J connectivity index is 2.38. The number of ether oxygens (including phenoxy) is 1. The fourth-order valence-corrected chi connectivity index (χ4v) is 1.70. The molecule has 0 aromatic heterocycles. The molecule has 0 spiro atoms. The summed E-state index contributed by atoms with van der Waals surface area (Å²) in [5.41, 5.74) is 0.589. The Bertz CT molecular complexity index is 437. The highest BCUT2D eigenvalue weighted by atomic mass is 16.5. The Labute approximate surface area is 113 Å². The molecule has 0 aliphatic heterocycles. The van der Waals surface area contributed by atoms with Crippen LogP contribution in [0.3, 0.4) is 0 Å². The van der Waals surface area contributed by atoms with Gasteiger partial charge in [0.15, 0.2) is 0 Å². The fourth-order valence-electron chi connectivity index (χ4n) is 1.70. The summed E-state index contributed by atoms with van der Waals surface area (Å²) in [4.78, 5) is 12.5. The molecule has 0 bridgehead atoms. The van der Waals surface area contributed by atoms with Crippen molar-refractivity contribution in [1.82, 2.24) is 4.90 Å². The molecular weight excluding hydrogens is 244 g/mol. The molecule has 0 amide bonds. The van der Waals surface area contributed by atoms with Crippen molar-refractivity contribution in [1.29, 1.82) is 5.26 Å². The molecule has 5 heteroatoms. The normalized spacial score (nSPS) is 10.2. The van der Waals surface area contributed by atoms with Gasteiger partial charge in [-0.25, -0.2) is 0 Å². The predicted molar refractivity (Wildman–Crippen MR) is 71.0 cm³/mol. The van der Waals surface area contributed by atoms with Crippen LogP contribution in [0.5, 0.6) is 5.75 Å². The van der Waals surface area contributed by atoms with E-state index in [-0.39, 0.29) is 6.54 Å². The predicted octanol–water partition coefficient (Wildman–Crippen LogP) is 1.73. The number of hydrogen-bond donors (Lipinski definition) is 1. The highest BCUT2D eigenvalue weighted by Crippen LogP contribution is 2.11. The maximum Gasteiger partial charge on any atom is 0.317 e. The van der Waals surface area contributed by atoms with Crippen LogP contribution in [0, 0.1) is 11.3 Å². The van der Waals surface area contributed by atoms with E-state index in [9.17, 15) is 4.79 Å². The van der Waals surface area contributed by atoms with Crippen LogP contribution >= 0.6 is 0 Å². The third-order valence-electron chi connectivity index (χ3n) is 2.56. The summed E-state index contributed by atoms with van der Waals surface area (Å²) in [5.74, 6) is -0.141. The van der Waals surface area contributed by atoms with E-state index in [1.165, 1.54) is 0 Å². The Kier molecular flexibility index (Phi) is 6.41. The standard InChI is InChI=1S/C14H18N2O3/c1-2-7-16(11-14(17)18)8-9-19-13-5-3-12(10-15)4-6-13/h3-6H,2,7-9,11H2,1H3,(H,17,18). The molecule has 1 aromatic rings. The molecule has 0 aliphatic rings. The summed E-state index contributed by atoms with van der Waals surface area (Å²) in [5, 5.41) is 17.4. The molecule has 0 saturated carbocycles. The van der Waals surface area contributed by atoms with Crippen molar-refractivity contribution in [3.63, 3.8) is 0 Å². The molecule has 1 aromatic carbocycles. The number of rotatable bonds is 8. The van der Waals surface area contributed by atoms with E-state index in [4.69, 9.17) is 15.1 Å². The van der Waals surface area contributed by atoms with Gasteiger partial charge in [0.1, 0.15) is 12.4 Å². The van der Waals surface area contributed by atoms with E-state index in [2.05, 4.69) is 0 Å². The van der Waals surface area contributed by atoms with Gasteiger partial charge < -0.3 is 9.84 Å². The second-order valence-electron chi connectivity index (χ2n) is 4.15. The molecule has 0 aliphatic carbocycles. The smallest absolute Gasteiger partial charge is 0.317 e. The van der Waals surface area contributed by atoms with Gasteiger partial charge in [-0.3, -0.25) is 9.69 Å². The van der Waals surface area contributed by atoms with Crippen molar-refractivity contribution < 1.29 is 14.6 Å². The summed E-state index contributed by atoms with van der Waals surface area (Å²) in [6.45, 7) is 3.78. The fraction of sp³-hybridized carbons (Fsp3) is 0.429. The van der Waals surface area contributed by atoms with E-state index >= 15 is 0 Å². The first-order valence-corrected chi connectivity index (χ1v) is 6.22. The van der Waals surface area contributed by atoms with Crippen LogP contribution in [0.25, 0.3) is 0 Å². The summed E-state index contributed by atoms with van der Waals surface area (Å²) in [7, 11) is 0. The van der Waals surface area contributed by atoms with Crippen LogP contribution in [-0.2, 0) is 4.79 Å². The number of hydrogen-bond acceptors (Lipinski definition) is 4. The molecule has 0 atom stereocenters. The Hall–Kier alpha value is -2.06. The minimum atomic E-state index is -0.827. The zero-order valence-electron chi connectivity index (χ0n) is 11.0. The molecule has 0 unspecified atom stereocenters. The number of nitrogens with zero attached hydrogens (tertiary/aromatic N) is 2. The number of aliphatic carboxylic acids is 1. The number of carboxylic acid groups (broad SMARTS) is 1. The van der Waals surface area contributed by atoms with Crippen LogP contribution in [0.4, 0.5) is 0 Å². The topological polar surface area (TPSA) is 73.6 Å². The highest BCUT2D eigenvalue weighted by Gasteiger charge is 2.08. The molecular formula is C14H18N2O3. The van der Waals surface area contributed by atoms with Crippen molar-refractivity contribution in [3.8, 4) is 11.8 Å². The second kappa shape index (κ2) is 8.11. The monoisotopic (exact) mass is 262 g/mol. The molecule has 0 fully saturated rings. The zero-order chi connectivity index (χ0) is 14.1. The van der Waals surface area contributed by atoms with E-state index in [0.29, 0.717) is 24.5 Å². The maximum atomic E-state index is 10.7. The quantitative estimate of drug-likeness (QED) is 0.772. The molecule has 0 saturated heterocycles. The summed E-state index contributed by atoms with van der Waals surface area (Å²) in [6, 6.07) is 8.89. The Morgan fingerprint density at radius 2 is 2.05 bits per heavy atom. The van der Waals surface area contributed by atoms with Crippen molar-refractivity contribution in [2.45, 2.75) is 13.3 Å². The SMILES string of the molecule is CCCN(CCOc1ccc(C#N)cc1)CC(=O)O. The van der Waals surface area contributed by atoms with E-state index < -0.39 is 5.97 Å². The average Bonchev–Trinajstić information content (AvgIpc) is 2.39.